The third kappa shape index (κ3) is 4.57. The summed E-state index contributed by atoms with van der Waals surface area (Å²) in [6.07, 6.45) is 17.9. The van der Waals surface area contributed by atoms with E-state index in [-0.39, 0.29) is 12.1 Å². The number of allylic oxidation sites excluding steroid dienone is 2. The van der Waals surface area contributed by atoms with E-state index in [0.29, 0.717) is 10.8 Å². The lowest BCUT2D eigenvalue weighted by molar-refractivity contribution is -0.148. The van der Waals surface area contributed by atoms with Gasteiger partial charge in [0, 0.05) is 13.3 Å². The zero-order chi connectivity index (χ0) is 24.7. The maximum Gasteiger partial charge on any atom is 0.302 e. The standard InChI is InChI=1S/C32H52O2/c1-8-24(9-2)21(3)10-11-22(4)28-14-15-29-27-13-12-25-20-26(34-23(5)33)16-18-31(25,6)30(27)17-19-32(28,29)7/h12,22,24,26-30H,3,8-11,13-20H2,1-2,4-7H3/t22-,26?,27+,28-,29+,30+,31+,32-/m1/s1. The van der Waals surface area contributed by atoms with E-state index in [1.54, 1.807) is 12.5 Å². The number of ether oxygens (including phenoxy) is 1. The Morgan fingerprint density at radius 3 is 2.53 bits per heavy atom. The van der Waals surface area contributed by atoms with E-state index in [4.69, 9.17) is 4.74 Å². The van der Waals surface area contributed by atoms with Crippen LogP contribution in [0.25, 0.3) is 0 Å². The van der Waals surface area contributed by atoms with E-state index < -0.39 is 0 Å². The molecule has 4 rings (SSSR count). The van der Waals surface area contributed by atoms with Gasteiger partial charge in [0.05, 0.1) is 0 Å². The van der Waals surface area contributed by atoms with E-state index in [1.807, 2.05) is 0 Å². The van der Waals surface area contributed by atoms with Crippen molar-refractivity contribution in [1.82, 2.24) is 0 Å². The molecule has 0 aromatic heterocycles. The number of esters is 1. The molecular formula is C32H52O2. The maximum absolute atomic E-state index is 11.5. The summed E-state index contributed by atoms with van der Waals surface area (Å²) in [7, 11) is 0. The summed E-state index contributed by atoms with van der Waals surface area (Å²) < 4.78 is 5.63. The van der Waals surface area contributed by atoms with Crippen LogP contribution in [0.2, 0.25) is 0 Å². The minimum atomic E-state index is -0.120. The predicted molar refractivity (Wildman–Crippen MR) is 142 cm³/mol. The van der Waals surface area contributed by atoms with Crippen molar-refractivity contribution in [3.63, 3.8) is 0 Å². The molecule has 4 aliphatic rings. The summed E-state index contributed by atoms with van der Waals surface area (Å²) in [5.41, 5.74) is 3.96. The second-order valence-electron chi connectivity index (χ2n) is 13.1. The zero-order valence-corrected chi connectivity index (χ0v) is 23.1. The number of hydrogen-bond acceptors (Lipinski definition) is 2. The fraction of sp³-hybridized carbons (Fsp3) is 0.844. The first-order valence-electron chi connectivity index (χ1n) is 14.7. The first-order chi connectivity index (χ1) is 16.1. The number of carbonyl (C=O) groups is 1. The molecule has 0 aliphatic heterocycles. The zero-order valence-electron chi connectivity index (χ0n) is 23.1. The molecule has 0 N–H and O–H groups in total. The van der Waals surface area contributed by atoms with E-state index in [2.05, 4.69) is 47.3 Å². The minimum absolute atomic E-state index is 0.105. The van der Waals surface area contributed by atoms with Crippen molar-refractivity contribution in [1.29, 1.82) is 0 Å². The summed E-state index contributed by atoms with van der Waals surface area (Å²) >= 11 is 0. The highest BCUT2D eigenvalue weighted by atomic mass is 16.5. The maximum atomic E-state index is 11.5. The molecule has 1 unspecified atom stereocenters. The molecule has 2 nitrogen and oxygen atoms in total. The highest BCUT2D eigenvalue weighted by molar-refractivity contribution is 5.66. The van der Waals surface area contributed by atoms with Gasteiger partial charge in [-0.1, -0.05) is 58.4 Å². The van der Waals surface area contributed by atoms with E-state index in [0.717, 1.165) is 48.3 Å². The quantitative estimate of drug-likeness (QED) is 0.262. The van der Waals surface area contributed by atoms with Crippen molar-refractivity contribution >= 4 is 5.97 Å². The monoisotopic (exact) mass is 468 g/mol. The van der Waals surface area contributed by atoms with Gasteiger partial charge in [-0.3, -0.25) is 4.79 Å². The fourth-order valence-electron chi connectivity index (χ4n) is 9.62. The second-order valence-corrected chi connectivity index (χ2v) is 13.1. The first-order valence-corrected chi connectivity index (χ1v) is 14.7. The molecule has 0 radical (unpaired) electrons. The lowest BCUT2D eigenvalue weighted by atomic mass is 9.47. The van der Waals surface area contributed by atoms with Crippen LogP contribution in [-0.4, -0.2) is 12.1 Å². The van der Waals surface area contributed by atoms with Crippen LogP contribution >= 0.6 is 0 Å². The van der Waals surface area contributed by atoms with Gasteiger partial charge in [0.15, 0.2) is 0 Å². The van der Waals surface area contributed by atoms with Gasteiger partial charge in [0.25, 0.3) is 0 Å². The van der Waals surface area contributed by atoms with Gasteiger partial charge in [0.2, 0.25) is 0 Å². The number of fused-ring (bicyclic) bond motifs is 5. The Kier molecular flexibility index (Phi) is 7.76. The SMILES string of the molecule is C=C(CC[C@@H](C)[C@H]1CC[C@H]2[C@@H]3CC=C4CC(OC(C)=O)CC[C@]4(C)[C@H]3CC[C@]12C)C(CC)CC. The van der Waals surface area contributed by atoms with Crippen LogP contribution in [0.3, 0.4) is 0 Å². The van der Waals surface area contributed by atoms with Crippen LogP contribution in [0.15, 0.2) is 23.8 Å². The summed E-state index contributed by atoms with van der Waals surface area (Å²) in [4.78, 5) is 11.5. The van der Waals surface area contributed by atoms with Crippen molar-refractivity contribution in [2.24, 2.45) is 46.3 Å². The molecule has 3 fully saturated rings. The molecule has 0 bridgehead atoms. The topological polar surface area (TPSA) is 26.3 Å². The molecular weight excluding hydrogens is 416 g/mol. The molecule has 0 amide bonds. The van der Waals surface area contributed by atoms with E-state index in [1.165, 1.54) is 69.8 Å². The third-order valence-corrected chi connectivity index (χ3v) is 11.6. The lowest BCUT2D eigenvalue weighted by Crippen LogP contribution is -2.51. The molecule has 8 atom stereocenters. The second kappa shape index (κ2) is 10.1. The van der Waals surface area contributed by atoms with Crippen LogP contribution < -0.4 is 0 Å². The van der Waals surface area contributed by atoms with Crippen LogP contribution in [0.5, 0.6) is 0 Å². The van der Waals surface area contributed by atoms with Crippen molar-refractivity contribution in [2.45, 2.75) is 125 Å². The highest BCUT2D eigenvalue weighted by Gasteiger charge is 2.59. The molecule has 2 heteroatoms. The van der Waals surface area contributed by atoms with Gasteiger partial charge in [-0.15, -0.1) is 0 Å². The van der Waals surface area contributed by atoms with Gasteiger partial charge < -0.3 is 4.74 Å². The largest absolute Gasteiger partial charge is 0.462 e. The van der Waals surface area contributed by atoms with Gasteiger partial charge in [-0.25, -0.2) is 0 Å². The molecule has 192 valence electrons. The molecule has 3 saturated carbocycles. The van der Waals surface area contributed by atoms with Crippen LogP contribution in [0.1, 0.15) is 119 Å². The summed E-state index contributed by atoms with van der Waals surface area (Å²) in [5.74, 6) is 4.86. The van der Waals surface area contributed by atoms with E-state index in [9.17, 15) is 4.79 Å². The molecule has 0 heterocycles. The average Bonchev–Trinajstić information content (AvgIpc) is 3.15. The average molecular weight is 469 g/mol. The molecule has 0 aromatic rings. The Morgan fingerprint density at radius 1 is 1.12 bits per heavy atom. The van der Waals surface area contributed by atoms with E-state index >= 15 is 0 Å². The molecule has 34 heavy (non-hydrogen) atoms. The Labute approximate surface area is 210 Å². The predicted octanol–water partition coefficient (Wildman–Crippen LogP) is 8.91. The Morgan fingerprint density at radius 2 is 1.85 bits per heavy atom. The van der Waals surface area contributed by atoms with Gasteiger partial charge in [-0.2, -0.15) is 0 Å². The first kappa shape index (κ1) is 26.0. The molecule has 4 aliphatic carbocycles. The molecule has 0 aromatic carbocycles. The molecule has 0 saturated heterocycles. The minimum Gasteiger partial charge on any atom is -0.462 e. The van der Waals surface area contributed by atoms with Gasteiger partial charge >= 0.3 is 5.97 Å². The Bertz CT molecular complexity index is 791. The van der Waals surface area contributed by atoms with Crippen LogP contribution in [0.4, 0.5) is 0 Å². The number of rotatable bonds is 8. The summed E-state index contributed by atoms with van der Waals surface area (Å²) in [6, 6.07) is 0. The van der Waals surface area contributed by atoms with Crippen molar-refractivity contribution in [3.05, 3.63) is 23.8 Å². The summed E-state index contributed by atoms with van der Waals surface area (Å²) in [5, 5.41) is 0. The smallest absolute Gasteiger partial charge is 0.302 e. The fourth-order valence-corrected chi connectivity index (χ4v) is 9.62. The van der Waals surface area contributed by atoms with Crippen molar-refractivity contribution in [2.75, 3.05) is 0 Å². The van der Waals surface area contributed by atoms with Gasteiger partial charge in [-0.05, 0) is 117 Å². The normalized spacial score (nSPS) is 40.1. The molecule has 0 spiro atoms. The number of carbonyl (C=O) groups excluding carboxylic acids is 1. The Balaban J connectivity index is 1.44. The Hall–Kier alpha value is -1.05. The highest BCUT2D eigenvalue weighted by Crippen LogP contribution is 2.67. The van der Waals surface area contributed by atoms with Crippen LogP contribution in [-0.2, 0) is 9.53 Å². The van der Waals surface area contributed by atoms with Gasteiger partial charge in [0.1, 0.15) is 6.10 Å². The lowest BCUT2D eigenvalue weighted by Gasteiger charge is -2.58. The van der Waals surface area contributed by atoms with Crippen molar-refractivity contribution in [3.8, 4) is 0 Å². The third-order valence-electron chi connectivity index (χ3n) is 11.6. The van der Waals surface area contributed by atoms with Crippen molar-refractivity contribution < 1.29 is 9.53 Å². The summed E-state index contributed by atoms with van der Waals surface area (Å²) in [6.45, 7) is 18.5. The number of hydrogen-bond donors (Lipinski definition) is 0. The van der Waals surface area contributed by atoms with Crippen LogP contribution in [0, 0.1) is 46.3 Å².